The van der Waals surface area contributed by atoms with Crippen LogP contribution in [0.2, 0.25) is 5.02 Å². The lowest BCUT2D eigenvalue weighted by molar-refractivity contribution is -0.118. The topological polar surface area (TPSA) is 64.1 Å². The van der Waals surface area contributed by atoms with E-state index in [0.717, 1.165) is 77.3 Å². The van der Waals surface area contributed by atoms with Crippen LogP contribution in [0.4, 0.5) is 5.13 Å². The van der Waals surface area contributed by atoms with Gasteiger partial charge < -0.3 is 14.2 Å². The van der Waals surface area contributed by atoms with E-state index in [4.69, 9.17) is 30.8 Å². The first kappa shape index (κ1) is 29.8. The summed E-state index contributed by atoms with van der Waals surface area (Å²) in [5, 5.41) is 1.41. The lowest BCUT2D eigenvalue weighted by Crippen LogP contribution is -2.39. The van der Waals surface area contributed by atoms with E-state index in [-0.39, 0.29) is 18.3 Å². The van der Waals surface area contributed by atoms with E-state index in [2.05, 4.69) is 4.90 Å². The molecule has 0 bridgehead atoms. The second-order valence-corrected chi connectivity index (χ2v) is 11.0. The Kier molecular flexibility index (Phi) is 12.1. The van der Waals surface area contributed by atoms with E-state index in [1.54, 1.807) is 26.0 Å². The molecule has 1 fully saturated rings. The van der Waals surface area contributed by atoms with Gasteiger partial charge in [-0.15, -0.1) is 24.2 Å². The first-order chi connectivity index (χ1) is 17.6. The number of rotatable bonds is 12. The number of aromatic nitrogens is 1. The van der Waals surface area contributed by atoms with Crippen LogP contribution in [-0.4, -0.2) is 75.2 Å². The van der Waals surface area contributed by atoms with Gasteiger partial charge >= 0.3 is 0 Å². The Morgan fingerprint density at radius 1 is 1.11 bits per heavy atom. The summed E-state index contributed by atoms with van der Waals surface area (Å²) in [4.78, 5) is 23.7. The molecule has 1 aromatic heterocycles. The minimum absolute atomic E-state index is 0. The van der Waals surface area contributed by atoms with Crippen LogP contribution < -0.4 is 14.4 Å². The molecule has 3 aromatic rings. The molecular formula is C26H33Cl2N3O4S2. The zero-order chi connectivity index (χ0) is 25.3. The van der Waals surface area contributed by atoms with E-state index in [1.807, 2.05) is 41.3 Å². The number of methoxy groups -OCH3 is 2. The summed E-state index contributed by atoms with van der Waals surface area (Å²) in [5.41, 5.74) is 0.723. The Morgan fingerprint density at radius 2 is 1.81 bits per heavy atom. The van der Waals surface area contributed by atoms with Gasteiger partial charge in [0.15, 0.2) is 5.13 Å². The number of anilines is 1. The van der Waals surface area contributed by atoms with Crippen molar-refractivity contribution in [3.05, 3.63) is 41.4 Å². The molecule has 1 amide bonds. The highest BCUT2D eigenvalue weighted by atomic mass is 35.5. The highest BCUT2D eigenvalue weighted by Gasteiger charge is 2.23. The smallest absolute Gasteiger partial charge is 0.228 e. The molecule has 1 saturated heterocycles. The minimum Gasteiger partial charge on any atom is -0.495 e. The van der Waals surface area contributed by atoms with Crippen molar-refractivity contribution >= 4 is 68.4 Å². The van der Waals surface area contributed by atoms with E-state index < -0.39 is 0 Å². The third-order valence-corrected chi connectivity index (χ3v) is 8.45. The average Bonchev–Trinajstić information content (AvgIpc) is 3.35. The van der Waals surface area contributed by atoms with Crippen molar-refractivity contribution in [3.8, 4) is 11.5 Å². The van der Waals surface area contributed by atoms with Gasteiger partial charge in [-0.05, 0) is 55.0 Å². The summed E-state index contributed by atoms with van der Waals surface area (Å²) in [6, 6.07) is 11.5. The molecule has 37 heavy (non-hydrogen) atoms. The van der Waals surface area contributed by atoms with E-state index in [1.165, 1.54) is 11.3 Å². The van der Waals surface area contributed by atoms with Crippen LogP contribution in [0.25, 0.3) is 10.2 Å². The SMILES string of the molecule is COc1ccc(OC)c2sc(N(CCCN3CCOCC3)C(=O)CCCSc3ccc(Cl)cc3)nc12.Cl. The fourth-order valence-corrected chi connectivity index (χ4v) is 6.17. The lowest BCUT2D eigenvalue weighted by Gasteiger charge is -2.27. The van der Waals surface area contributed by atoms with Crippen LogP contribution >= 0.6 is 47.1 Å². The second-order valence-electron chi connectivity index (χ2n) is 8.40. The zero-order valence-corrected chi connectivity index (χ0v) is 24.3. The Bertz CT molecular complexity index is 1100. The summed E-state index contributed by atoms with van der Waals surface area (Å²) < 4.78 is 17.4. The fourth-order valence-electron chi connectivity index (χ4n) is 4.07. The van der Waals surface area contributed by atoms with Crippen molar-refractivity contribution in [1.29, 1.82) is 0 Å². The van der Waals surface area contributed by atoms with Gasteiger partial charge in [-0.3, -0.25) is 14.6 Å². The van der Waals surface area contributed by atoms with Crippen molar-refractivity contribution < 1.29 is 19.0 Å². The average molecular weight is 587 g/mol. The molecule has 0 spiro atoms. The van der Waals surface area contributed by atoms with E-state index in [0.29, 0.717) is 23.8 Å². The standard InChI is InChI=1S/C26H32ClN3O4S2.ClH/c1-32-21-10-11-22(33-2)25-24(21)28-26(36-25)30(13-4-12-29-14-16-34-17-15-29)23(31)5-3-18-35-20-8-6-19(27)7-9-20;/h6-11H,3-5,12-18H2,1-2H3;1H. The second kappa shape index (κ2) is 15.0. The van der Waals surface area contributed by atoms with E-state index >= 15 is 0 Å². The molecule has 0 radical (unpaired) electrons. The van der Waals surface area contributed by atoms with Gasteiger partial charge in [-0.25, -0.2) is 4.98 Å². The van der Waals surface area contributed by atoms with Crippen LogP contribution in [0, 0.1) is 0 Å². The molecule has 2 heterocycles. The molecule has 0 N–H and O–H groups in total. The third-order valence-electron chi connectivity index (χ3n) is 6.01. The van der Waals surface area contributed by atoms with Gasteiger partial charge in [-0.1, -0.05) is 22.9 Å². The third kappa shape index (κ3) is 8.12. The van der Waals surface area contributed by atoms with Crippen LogP contribution in [-0.2, 0) is 9.53 Å². The van der Waals surface area contributed by atoms with Gasteiger partial charge in [0.2, 0.25) is 5.91 Å². The first-order valence-electron chi connectivity index (χ1n) is 12.1. The summed E-state index contributed by atoms with van der Waals surface area (Å²) >= 11 is 9.19. The normalized spacial score (nSPS) is 13.8. The van der Waals surface area contributed by atoms with Crippen molar-refractivity contribution in [2.24, 2.45) is 0 Å². The number of ether oxygens (including phenoxy) is 3. The van der Waals surface area contributed by atoms with Crippen molar-refractivity contribution in [1.82, 2.24) is 9.88 Å². The number of hydrogen-bond acceptors (Lipinski definition) is 8. The number of carbonyl (C=O) groups excluding carboxylic acids is 1. The predicted molar refractivity (Wildman–Crippen MR) is 156 cm³/mol. The van der Waals surface area contributed by atoms with Crippen LogP contribution in [0.5, 0.6) is 11.5 Å². The first-order valence-corrected chi connectivity index (χ1v) is 14.3. The maximum atomic E-state index is 13.4. The van der Waals surface area contributed by atoms with Crippen molar-refractivity contribution in [3.63, 3.8) is 0 Å². The Labute approximate surface area is 237 Å². The highest BCUT2D eigenvalue weighted by molar-refractivity contribution is 7.99. The summed E-state index contributed by atoms with van der Waals surface area (Å²) in [6.45, 7) is 4.95. The largest absolute Gasteiger partial charge is 0.495 e. The highest BCUT2D eigenvalue weighted by Crippen LogP contribution is 2.40. The van der Waals surface area contributed by atoms with Gasteiger partial charge in [0.1, 0.15) is 21.7 Å². The number of nitrogens with zero attached hydrogens (tertiary/aromatic N) is 3. The Morgan fingerprint density at radius 3 is 2.51 bits per heavy atom. The van der Waals surface area contributed by atoms with Crippen LogP contribution in [0.15, 0.2) is 41.3 Å². The molecule has 11 heteroatoms. The molecule has 0 aliphatic carbocycles. The van der Waals surface area contributed by atoms with Crippen molar-refractivity contribution in [2.75, 3.05) is 64.3 Å². The molecule has 0 saturated carbocycles. The molecule has 0 atom stereocenters. The van der Waals surface area contributed by atoms with Crippen molar-refractivity contribution in [2.45, 2.75) is 24.2 Å². The maximum Gasteiger partial charge on any atom is 0.228 e. The van der Waals surface area contributed by atoms with Gasteiger partial charge in [0.05, 0.1) is 27.4 Å². The Hall–Kier alpha value is -1.75. The molecular weight excluding hydrogens is 553 g/mol. The lowest BCUT2D eigenvalue weighted by atomic mass is 10.2. The number of amides is 1. The van der Waals surface area contributed by atoms with E-state index in [9.17, 15) is 4.79 Å². The molecule has 7 nitrogen and oxygen atoms in total. The molecule has 202 valence electrons. The monoisotopic (exact) mass is 585 g/mol. The summed E-state index contributed by atoms with van der Waals surface area (Å²) in [7, 11) is 3.27. The number of benzene rings is 2. The molecule has 1 aliphatic rings. The number of thioether (sulfide) groups is 1. The number of halogens is 2. The van der Waals surface area contributed by atoms with Gasteiger partial charge in [0, 0.05) is 42.5 Å². The fraction of sp³-hybridized carbons (Fsp3) is 0.462. The molecule has 2 aromatic carbocycles. The summed E-state index contributed by atoms with van der Waals surface area (Å²) in [6.07, 6.45) is 2.11. The molecule has 4 rings (SSSR count). The number of thiazole rings is 1. The number of hydrogen-bond donors (Lipinski definition) is 0. The summed E-state index contributed by atoms with van der Waals surface area (Å²) in [5.74, 6) is 2.35. The predicted octanol–water partition coefficient (Wildman–Crippen LogP) is 6.02. The minimum atomic E-state index is 0. The number of carbonyl (C=O) groups is 1. The van der Waals surface area contributed by atoms with Gasteiger partial charge in [0.25, 0.3) is 0 Å². The Balaban J connectivity index is 0.00000380. The number of morpholine rings is 1. The quantitative estimate of drug-likeness (QED) is 0.190. The van der Waals surface area contributed by atoms with Crippen LogP contribution in [0.1, 0.15) is 19.3 Å². The van der Waals surface area contributed by atoms with Crippen LogP contribution in [0.3, 0.4) is 0 Å². The maximum absolute atomic E-state index is 13.4. The molecule has 0 unspecified atom stereocenters. The van der Waals surface area contributed by atoms with Gasteiger partial charge in [-0.2, -0.15) is 0 Å². The number of fused-ring (bicyclic) bond motifs is 1. The zero-order valence-electron chi connectivity index (χ0n) is 21.1. The molecule has 1 aliphatic heterocycles.